The summed E-state index contributed by atoms with van der Waals surface area (Å²) >= 11 is 1.75. The standard InChI is InChI=1S/C25H23FN2O5.C2H6S.C2H6/c1-3-25(10-29)5-4-12-11(2)16(26)7-17-19(12)20(25)14-8-28-18(21(14)27-17)6-13-15(23(28)31)9-33-24(32)22(13)30;1-3-2;1-2/h6-7,22,29-30H,3-5,8-10H2,1-2H3;1-2H3;1-2H3. The Bertz CT molecular complexity index is 1480. The van der Waals surface area contributed by atoms with Gasteiger partial charge in [0.1, 0.15) is 12.4 Å². The molecule has 2 aromatic heterocycles. The van der Waals surface area contributed by atoms with Crippen LogP contribution in [0.2, 0.25) is 0 Å². The lowest BCUT2D eigenvalue weighted by Gasteiger charge is -2.38. The van der Waals surface area contributed by atoms with E-state index in [0.29, 0.717) is 41.7 Å². The van der Waals surface area contributed by atoms with Crippen LogP contribution in [0.5, 0.6) is 0 Å². The van der Waals surface area contributed by atoms with Crippen LogP contribution in [-0.2, 0) is 34.5 Å². The molecule has 2 N–H and O–H groups in total. The van der Waals surface area contributed by atoms with Gasteiger partial charge in [-0.3, -0.25) is 4.79 Å². The first-order valence-electron chi connectivity index (χ1n) is 13.0. The van der Waals surface area contributed by atoms with Crippen LogP contribution in [0.4, 0.5) is 4.39 Å². The summed E-state index contributed by atoms with van der Waals surface area (Å²) < 4.78 is 21.4. The number of ether oxygens (including phenoxy) is 1. The molecule has 0 radical (unpaired) electrons. The molecule has 9 heteroatoms. The number of hydrogen-bond donors (Lipinski definition) is 2. The minimum atomic E-state index is -1.53. The lowest BCUT2D eigenvalue weighted by molar-refractivity contribution is -0.157. The monoisotopic (exact) mass is 542 g/mol. The Hall–Kier alpha value is -2.75. The van der Waals surface area contributed by atoms with Crippen LogP contribution < -0.4 is 5.56 Å². The van der Waals surface area contributed by atoms with Gasteiger partial charge in [0, 0.05) is 28.0 Å². The zero-order valence-corrected chi connectivity index (χ0v) is 23.6. The second-order valence-corrected chi connectivity index (χ2v) is 10.6. The van der Waals surface area contributed by atoms with E-state index in [9.17, 15) is 24.2 Å². The molecule has 0 spiro atoms. The van der Waals surface area contributed by atoms with E-state index in [1.165, 1.54) is 6.07 Å². The molecule has 204 valence electrons. The number of fused-ring (bicyclic) bond motifs is 5. The first kappa shape index (κ1) is 28.3. The van der Waals surface area contributed by atoms with E-state index in [2.05, 4.69) is 0 Å². The number of hydrogen-bond acceptors (Lipinski definition) is 7. The summed E-state index contributed by atoms with van der Waals surface area (Å²) in [7, 11) is 0. The molecule has 38 heavy (non-hydrogen) atoms. The molecule has 0 bridgehead atoms. The topological polar surface area (TPSA) is 102 Å². The summed E-state index contributed by atoms with van der Waals surface area (Å²) in [5.41, 5.74) is 4.40. The highest BCUT2D eigenvalue weighted by atomic mass is 32.2. The third-order valence-electron chi connectivity index (χ3n) is 7.94. The second-order valence-electron chi connectivity index (χ2n) is 9.74. The Morgan fingerprint density at radius 1 is 1.21 bits per heavy atom. The lowest BCUT2D eigenvalue weighted by Crippen LogP contribution is -2.35. The van der Waals surface area contributed by atoms with Crippen molar-refractivity contribution in [2.24, 2.45) is 0 Å². The molecule has 2 aliphatic heterocycles. The van der Waals surface area contributed by atoms with E-state index in [1.807, 2.05) is 33.3 Å². The number of aryl methyl sites for hydroxylation is 1. The van der Waals surface area contributed by atoms with Crippen molar-refractivity contribution in [2.45, 2.75) is 71.6 Å². The van der Waals surface area contributed by atoms with Gasteiger partial charge in [-0.05, 0) is 61.5 Å². The molecular weight excluding hydrogens is 507 g/mol. The third-order valence-corrected chi connectivity index (χ3v) is 7.94. The number of aliphatic hydroxyl groups is 2. The number of halogens is 1. The van der Waals surface area contributed by atoms with Gasteiger partial charge in [-0.2, -0.15) is 11.8 Å². The molecule has 3 aromatic rings. The van der Waals surface area contributed by atoms with Crippen LogP contribution in [0.15, 0.2) is 16.9 Å². The van der Waals surface area contributed by atoms with Gasteiger partial charge in [-0.25, -0.2) is 14.2 Å². The molecule has 4 heterocycles. The number of cyclic esters (lactones) is 1. The van der Waals surface area contributed by atoms with Crippen LogP contribution in [0.3, 0.4) is 0 Å². The minimum Gasteiger partial charge on any atom is -0.458 e. The Labute approximate surface area is 226 Å². The van der Waals surface area contributed by atoms with Crippen molar-refractivity contribution in [3.8, 4) is 11.4 Å². The van der Waals surface area contributed by atoms with Gasteiger partial charge < -0.3 is 19.5 Å². The molecule has 2 atom stereocenters. The quantitative estimate of drug-likeness (QED) is 0.358. The highest BCUT2D eigenvalue weighted by Gasteiger charge is 2.42. The minimum absolute atomic E-state index is 0.0618. The van der Waals surface area contributed by atoms with Gasteiger partial charge in [0.2, 0.25) is 0 Å². The van der Waals surface area contributed by atoms with Gasteiger partial charge >= 0.3 is 5.97 Å². The van der Waals surface area contributed by atoms with E-state index in [4.69, 9.17) is 9.72 Å². The number of aliphatic hydroxyl groups excluding tert-OH is 2. The average molecular weight is 543 g/mol. The fraction of sp³-hybridized carbons (Fsp3) is 0.483. The average Bonchev–Trinajstić information content (AvgIpc) is 3.29. The van der Waals surface area contributed by atoms with Gasteiger partial charge in [0.15, 0.2) is 6.10 Å². The predicted molar refractivity (Wildman–Crippen MR) is 148 cm³/mol. The zero-order valence-electron chi connectivity index (χ0n) is 22.8. The number of benzene rings is 1. The molecule has 1 aliphatic carbocycles. The van der Waals surface area contributed by atoms with Crippen LogP contribution in [0.25, 0.3) is 22.3 Å². The van der Waals surface area contributed by atoms with Crippen molar-refractivity contribution in [3.63, 3.8) is 0 Å². The molecule has 2 unspecified atom stereocenters. The van der Waals surface area contributed by atoms with E-state index < -0.39 is 17.5 Å². The van der Waals surface area contributed by atoms with Crippen molar-refractivity contribution in [1.29, 1.82) is 0 Å². The Balaban J connectivity index is 0.000000630. The van der Waals surface area contributed by atoms with Crippen LogP contribution >= 0.6 is 11.8 Å². The second kappa shape index (κ2) is 10.8. The predicted octanol–water partition coefficient (Wildman–Crippen LogP) is 4.55. The Morgan fingerprint density at radius 2 is 1.89 bits per heavy atom. The maximum Gasteiger partial charge on any atom is 0.340 e. The number of pyridine rings is 2. The molecule has 3 aliphatic rings. The van der Waals surface area contributed by atoms with Gasteiger partial charge in [0.25, 0.3) is 5.56 Å². The highest BCUT2D eigenvalue weighted by Crippen LogP contribution is 2.49. The van der Waals surface area contributed by atoms with E-state index >= 15 is 0 Å². The molecule has 0 amide bonds. The lowest BCUT2D eigenvalue weighted by atomic mass is 9.66. The summed E-state index contributed by atoms with van der Waals surface area (Å²) in [5, 5.41) is 21.8. The Morgan fingerprint density at radius 3 is 2.53 bits per heavy atom. The van der Waals surface area contributed by atoms with Crippen LogP contribution in [0, 0.1) is 12.7 Å². The summed E-state index contributed by atoms with van der Waals surface area (Å²) in [5.74, 6) is -1.12. The highest BCUT2D eigenvalue weighted by molar-refractivity contribution is 7.97. The van der Waals surface area contributed by atoms with Crippen molar-refractivity contribution in [1.82, 2.24) is 9.55 Å². The first-order valence-corrected chi connectivity index (χ1v) is 14.6. The van der Waals surface area contributed by atoms with Crippen molar-refractivity contribution in [3.05, 3.63) is 61.7 Å². The molecule has 1 aromatic carbocycles. The van der Waals surface area contributed by atoms with E-state index in [-0.39, 0.29) is 42.3 Å². The van der Waals surface area contributed by atoms with E-state index in [0.717, 1.165) is 22.1 Å². The molecule has 0 saturated carbocycles. The number of carbonyl (C=O) groups is 1. The van der Waals surface area contributed by atoms with Crippen LogP contribution in [-0.4, -0.2) is 44.9 Å². The van der Waals surface area contributed by atoms with E-state index in [1.54, 1.807) is 29.3 Å². The molecular formula is C29H35FN2O5S. The maximum absolute atomic E-state index is 14.8. The molecule has 0 fully saturated rings. The molecule has 6 rings (SSSR count). The zero-order chi connectivity index (χ0) is 27.9. The normalized spacial score (nSPS) is 20.3. The van der Waals surface area contributed by atoms with Crippen molar-refractivity contribution < 1.29 is 24.1 Å². The smallest absolute Gasteiger partial charge is 0.340 e. The SMILES string of the molecule is CC.CCC1(CO)CCc2c(C)c(F)cc3nc4c(c1c23)Cn1c-4cc2c(c1=O)COC(=O)C2O.CSC. The van der Waals surface area contributed by atoms with Gasteiger partial charge in [0.05, 0.1) is 35.6 Å². The number of esters is 1. The summed E-state index contributed by atoms with van der Waals surface area (Å²) in [6.07, 6.45) is 4.56. The summed E-state index contributed by atoms with van der Waals surface area (Å²) in [4.78, 5) is 30.0. The number of rotatable bonds is 2. The van der Waals surface area contributed by atoms with Crippen molar-refractivity contribution in [2.75, 3.05) is 19.1 Å². The Kier molecular flexibility index (Phi) is 8.02. The number of aromatic nitrogens is 2. The number of nitrogens with zero attached hydrogens (tertiary/aromatic N) is 2. The van der Waals surface area contributed by atoms with Crippen LogP contribution in [0.1, 0.15) is 73.1 Å². The summed E-state index contributed by atoms with van der Waals surface area (Å²) in [6, 6.07) is 3.05. The fourth-order valence-electron chi connectivity index (χ4n) is 5.94. The molecule has 7 nitrogen and oxygen atoms in total. The number of thioether (sulfide) groups is 1. The maximum atomic E-state index is 14.8. The largest absolute Gasteiger partial charge is 0.458 e. The fourth-order valence-corrected chi connectivity index (χ4v) is 5.94. The molecule has 0 saturated heterocycles. The van der Waals surface area contributed by atoms with Gasteiger partial charge in [-0.15, -0.1) is 0 Å². The first-order chi connectivity index (χ1) is 18.2. The number of carbonyl (C=O) groups excluding carboxylic acids is 1. The summed E-state index contributed by atoms with van der Waals surface area (Å²) in [6.45, 7) is 7.81. The van der Waals surface area contributed by atoms with Crippen molar-refractivity contribution >= 4 is 28.6 Å². The third kappa shape index (κ3) is 4.06. The van der Waals surface area contributed by atoms with Gasteiger partial charge in [-0.1, -0.05) is 20.8 Å².